The first-order valence-corrected chi connectivity index (χ1v) is 7.14. The van der Waals surface area contributed by atoms with Gasteiger partial charge in [-0.05, 0) is 19.3 Å². The average Bonchev–Trinajstić information content (AvgIpc) is 2.67. The van der Waals surface area contributed by atoms with Crippen LogP contribution >= 0.6 is 0 Å². The fourth-order valence-electron chi connectivity index (χ4n) is 2.41. The van der Waals surface area contributed by atoms with Gasteiger partial charge in [-0.2, -0.15) is 0 Å². The third-order valence-electron chi connectivity index (χ3n) is 3.62. The normalized spacial score (nSPS) is 20.4. The molecule has 0 aromatic carbocycles. The smallest absolute Gasteiger partial charge is 0.326 e. The van der Waals surface area contributed by atoms with Crippen LogP contribution < -0.4 is 11.1 Å². The fourth-order valence-corrected chi connectivity index (χ4v) is 2.41. The van der Waals surface area contributed by atoms with Gasteiger partial charge in [0.05, 0.1) is 12.6 Å². The summed E-state index contributed by atoms with van der Waals surface area (Å²) in [7, 11) is 0. The van der Waals surface area contributed by atoms with Crippen molar-refractivity contribution in [3.05, 3.63) is 0 Å². The number of aliphatic hydroxyl groups is 1. The summed E-state index contributed by atoms with van der Waals surface area (Å²) in [4.78, 5) is 35.5. The zero-order valence-electron chi connectivity index (χ0n) is 12.0. The number of nitrogens with one attached hydrogen (secondary N) is 1. The molecular formula is C13H23N3O5. The molecule has 21 heavy (non-hydrogen) atoms. The lowest BCUT2D eigenvalue weighted by molar-refractivity contribution is -0.139. The largest absolute Gasteiger partial charge is 0.480 e. The number of urea groups is 1. The minimum atomic E-state index is -1.21. The maximum atomic E-state index is 12.2. The second-order valence-corrected chi connectivity index (χ2v) is 5.22. The predicted molar refractivity (Wildman–Crippen MR) is 74.4 cm³/mol. The van der Waals surface area contributed by atoms with Crippen molar-refractivity contribution in [2.24, 2.45) is 5.73 Å². The molecule has 8 nitrogen and oxygen atoms in total. The number of nitrogens with two attached hydrogens (primary N) is 1. The monoisotopic (exact) mass is 301 g/mol. The van der Waals surface area contributed by atoms with Gasteiger partial charge in [-0.25, -0.2) is 9.59 Å². The molecule has 0 saturated carbocycles. The number of carbonyl (C=O) groups is 3. The number of carboxylic acids is 1. The average molecular weight is 301 g/mol. The van der Waals surface area contributed by atoms with E-state index in [1.165, 1.54) is 4.90 Å². The third kappa shape index (κ3) is 5.58. The van der Waals surface area contributed by atoms with Gasteiger partial charge in [0, 0.05) is 13.0 Å². The maximum absolute atomic E-state index is 12.2. The molecule has 3 amide bonds. The maximum Gasteiger partial charge on any atom is 0.326 e. The van der Waals surface area contributed by atoms with Crippen molar-refractivity contribution in [1.29, 1.82) is 0 Å². The summed E-state index contributed by atoms with van der Waals surface area (Å²) in [5, 5.41) is 20.8. The highest BCUT2D eigenvalue weighted by Crippen LogP contribution is 2.16. The van der Waals surface area contributed by atoms with Gasteiger partial charge in [-0.3, -0.25) is 4.79 Å². The molecule has 0 aromatic heterocycles. The first kappa shape index (κ1) is 17.2. The van der Waals surface area contributed by atoms with Crippen molar-refractivity contribution in [3.63, 3.8) is 0 Å². The SMILES string of the molecule is NC(=O)CCC(NC(=O)N1CCCCCC1CO)C(=O)O. The molecule has 0 bridgehead atoms. The van der Waals surface area contributed by atoms with E-state index in [4.69, 9.17) is 10.8 Å². The van der Waals surface area contributed by atoms with E-state index in [0.29, 0.717) is 13.0 Å². The molecule has 1 aliphatic rings. The van der Waals surface area contributed by atoms with Crippen LogP contribution in [0.25, 0.3) is 0 Å². The Morgan fingerprint density at radius 1 is 1.29 bits per heavy atom. The number of aliphatic hydroxyl groups excluding tert-OH is 1. The van der Waals surface area contributed by atoms with Gasteiger partial charge in [0.1, 0.15) is 6.04 Å². The number of carboxylic acid groups (broad SMARTS) is 1. The molecule has 1 rings (SSSR count). The topological polar surface area (TPSA) is 133 Å². The number of carbonyl (C=O) groups excluding carboxylic acids is 2. The molecule has 1 heterocycles. The number of rotatable bonds is 6. The van der Waals surface area contributed by atoms with Gasteiger partial charge >= 0.3 is 12.0 Å². The van der Waals surface area contributed by atoms with Crippen LogP contribution in [0.3, 0.4) is 0 Å². The van der Waals surface area contributed by atoms with E-state index in [1.807, 2.05) is 0 Å². The minimum Gasteiger partial charge on any atom is -0.480 e. The van der Waals surface area contributed by atoms with E-state index in [9.17, 15) is 19.5 Å². The molecule has 8 heteroatoms. The molecule has 0 aliphatic carbocycles. The second kappa shape index (κ2) is 8.46. The summed E-state index contributed by atoms with van der Waals surface area (Å²) < 4.78 is 0. The fraction of sp³-hybridized carbons (Fsp3) is 0.769. The van der Waals surface area contributed by atoms with Crippen LogP contribution in [0.2, 0.25) is 0 Å². The van der Waals surface area contributed by atoms with E-state index in [1.54, 1.807) is 0 Å². The number of amides is 3. The van der Waals surface area contributed by atoms with Crippen LogP contribution in [-0.4, -0.2) is 58.3 Å². The zero-order chi connectivity index (χ0) is 15.8. The van der Waals surface area contributed by atoms with Crippen LogP contribution in [0.5, 0.6) is 0 Å². The van der Waals surface area contributed by atoms with Crippen LogP contribution in [0.1, 0.15) is 38.5 Å². The first-order valence-electron chi connectivity index (χ1n) is 7.14. The molecule has 1 aliphatic heterocycles. The van der Waals surface area contributed by atoms with Gasteiger partial charge in [0.15, 0.2) is 0 Å². The second-order valence-electron chi connectivity index (χ2n) is 5.22. The molecule has 0 aromatic rings. The molecular weight excluding hydrogens is 278 g/mol. The molecule has 2 unspecified atom stereocenters. The minimum absolute atomic E-state index is 0.0476. The molecule has 0 radical (unpaired) electrons. The quantitative estimate of drug-likeness (QED) is 0.532. The van der Waals surface area contributed by atoms with E-state index in [-0.39, 0.29) is 25.5 Å². The van der Waals surface area contributed by atoms with Crippen molar-refractivity contribution >= 4 is 17.9 Å². The zero-order valence-corrected chi connectivity index (χ0v) is 12.0. The van der Waals surface area contributed by atoms with Gasteiger partial charge in [0.25, 0.3) is 0 Å². The third-order valence-corrected chi connectivity index (χ3v) is 3.62. The van der Waals surface area contributed by atoms with Crippen LogP contribution in [0.15, 0.2) is 0 Å². The van der Waals surface area contributed by atoms with Gasteiger partial charge in [0.2, 0.25) is 5.91 Å². The molecule has 2 atom stereocenters. The molecule has 0 spiro atoms. The summed E-state index contributed by atoms with van der Waals surface area (Å²) >= 11 is 0. The molecule has 5 N–H and O–H groups in total. The number of hydrogen-bond donors (Lipinski definition) is 4. The highest BCUT2D eigenvalue weighted by Gasteiger charge is 2.28. The highest BCUT2D eigenvalue weighted by atomic mass is 16.4. The lowest BCUT2D eigenvalue weighted by Crippen LogP contribution is -2.52. The lowest BCUT2D eigenvalue weighted by atomic mass is 10.1. The molecule has 120 valence electrons. The number of primary amides is 1. The molecule has 1 fully saturated rings. The van der Waals surface area contributed by atoms with Crippen molar-refractivity contribution in [3.8, 4) is 0 Å². The van der Waals surface area contributed by atoms with Crippen molar-refractivity contribution in [2.45, 2.75) is 50.6 Å². The van der Waals surface area contributed by atoms with Gasteiger partial charge < -0.3 is 26.2 Å². The van der Waals surface area contributed by atoms with E-state index >= 15 is 0 Å². The van der Waals surface area contributed by atoms with Gasteiger partial charge in [-0.15, -0.1) is 0 Å². The summed E-state index contributed by atoms with van der Waals surface area (Å²) in [5.74, 6) is -1.82. The Morgan fingerprint density at radius 3 is 2.57 bits per heavy atom. The predicted octanol–water partition coefficient (Wildman–Crippen LogP) is -0.348. The summed E-state index contributed by atoms with van der Waals surface area (Å²) in [5.41, 5.74) is 4.99. The summed E-state index contributed by atoms with van der Waals surface area (Å²) in [6.07, 6.45) is 3.27. The standard InChI is InChI=1S/C13H23N3O5/c14-11(18)6-5-10(12(19)20)15-13(21)16-7-3-1-2-4-9(16)8-17/h9-10,17H,1-8H2,(H2,14,18)(H,15,21)(H,19,20). The van der Waals surface area contributed by atoms with Crippen LogP contribution in [0.4, 0.5) is 4.79 Å². The van der Waals surface area contributed by atoms with E-state index < -0.39 is 23.9 Å². The van der Waals surface area contributed by atoms with Crippen LogP contribution in [-0.2, 0) is 9.59 Å². The Balaban J connectivity index is 2.65. The Bertz CT molecular complexity index is 388. The van der Waals surface area contributed by atoms with Crippen LogP contribution in [0, 0.1) is 0 Å². The Morgan fingerprint density at radius 2 is 2.00 bits per heavy atom. The number of hydrogen-bond acceptors (Lipinski definition) is 4. The molecule has 1 saturated heterocycles. The lowest BCUT2D eigenvalue weighted by Gasteiger charge is -2.30. The van der Waals surface area contributed by atoms with E-state index in [0.717, 1.165) is 19.3 Å². The van der Waals surface area contributed by atoms with Crippen molar-refractivity contribution in [2.75, 3.05) is 13.2 Å². The Labute approximate surface area is 123 Å². The first-order chi connectivity index (χ1) is 9.95. The van der Waals surface area contributed by atoms with E-state index in [2.05, 4.69) is 5.32 Å². The number of likely N-dealkylation sites (tertiary alicyclic amines) is 1. The van der Waals surface area contributed by atoms with Crippen molar-refractivity contribution in [1.82, 2.24) is 10.2 Å². The number of nitrogens with zero attached hydrogens (tertiary/aromatic N) is 1. The summed E-state index contributed by atoms with van der Waals surface area (Å²) in [6, 6.07) is -1.97. The number of aliphatic carboxylic acids is 1. The summed E-state index contributed by atoms with van der Waals surface area (Å²) in [6.45, 7) is 0.339. The Hall–Kier alpha value is -1.83. The van der Waals surface area contributed by atoms with Gasteiger partial charge in [-0.1, -0.05) is 12.8 Å². The Kier molecular flexibility index (Phi) is 6.93. The highest BCUT2D eigenvalue weighted by molar-refractivity contribution is 5.83. The van der Waals surface area contributed by atoms with Crippen molar-refractivity contribution < 1.29 is 24.6 Å².